The van der Waals surface area contributed by atoms with E-state index in [1.54, 1.807) is 26.1 Å². The Balaban J connectivity index is 3.02. The number of alkyl halides is 2. The largest absolute Gasteiger partial charge is 0.481 e. The molecule has 18 heavy (non-hydrogen) atoms. The average molecular weight is 259 g/mol. The van der Waals surface area contributed by atoms with Crippen molar-refractivity contribution in [1.82, 2.24) is 5.32 Å². The maximum atomic E-state index is 12.1. The molecule has 4 nitrogen and oxygen atoms in total. The summed E-state index contributed by atoms with van der Waals surface area (Å²) < 4.78 is 28.5. The second-order valence-corrected chi connectivity index (χ2v) is 4.06. The molecule has 1 atom stereocenters. The molecule has 0 heterocycles. The van der Waals surface area contributed by atoms with E-state index in [-0.39, 0.29) is 12.2 Å². The zero-order valence-electron chi connectivity index (χ0n) is 10.1. The molecule has 2 N–H and O–H groups in total. The smallest absolute Gasteiger partial charge is 0.387 e. The fourth-order valence-corrected chi connectivity index (χ4v) is 1.65. The molecule has 1 aromatic rings. The van der Waals surface area contributed by atoms with E-state index in [0.29, 0.717) is 5.56 Å². The number of carboxylic acids is 1. The molecular weight excluding hydrogens is 244 g/mol. The van der Waals surface area contributed by atoms with Gasteiger partial charge in [-0.05, 0) is 31.7 Å². The highest BCUT2D eigenvalue weighted by Gasteiger charge is 2.28. The molecule has 0 aromatic heterocycles. The van der Waals surface area contributed by atoms with Gasteiger partial charge in [0, 0.05) is 0 Å². The molecule has 0 aliphatic heterocycles. The number of rotatable bonds is 6. The normalized spacial score (nSPS) is 14.3. The number of carboxylic acid groups (broad SMARTS) is 1. The van der Waals surface area contributed by atoms with Crippen LogP contribution in [0.15, 0.2) is 24.3 Å². The van der Waals surface area contributed by atoms with Crippen LogP contribution in [0, 0.1) is 0 Å². The first-order valence-electron chi connectivity index (χ1n) is 5.33. The third kappa shape index (κ3) is 3.66. The van der Waals surface area contributed by atoms with Crippen LogP contribution in [0.4, 0.5) is 8.78 Å². The van der Waals surface area contributed by atoms with Gasteiger partial charge in [0.15, 0.2) is 0 Å². The van der Waals surface area contributed by atoms with E-state index in [4.69, 9.17) is 5.11 Å². The van der Waals surface area contributed by atoms with Crippen LogP contribution < -0.4 is 10.1 Å². The van der Waals surface area contributed by atoms with E-state index in [0.717, 1.165) is 0 Å². The van der Waals surface area contributed by atoms with E-state index >= 15 is 0 Å². The van der Waals surface area contributed by atoms with Gasteiger partial charge in [0.05, 0.1) is 12.0 Å². The Morgan fingerprint density at radius 3 is 2.72 bits per heavy atom. The highest BCUT2D eigenvalue weighted by Crippen LogP contribution is 2.27. The lowest BCUT2D eigenvalue weighted by Crippen LogP contribution is -2.38. The molecule has 1 rings (SSSR count). The molecule has 0 radical (unpaired) electrons. The summed E-state index contributed by atoms with van der Waals surface area (Å²) in [6, 6.07) is 6.01. The minimum atomic E-state index is -2.90. The highest BCUT2D eigenvalue weighted by molar-refractivity contribution is 5.69. The topological polar surface area (TPSA) is 58.6 Å². The zero-order chi connectivity index (χ0) is 13.8. The van der Waals surface area contributed by atoms with Gasteiger partial charge in [0.2, 0.25) is 0 Å². The Labute approximate surface area is 104 Å². The van der Waals surface area contributed by atoms with Crippen molar-refractivity contribution in [1.29, 1.82) is 0 Å². The van der Waals surface area contributed by atoms with Crippen LogP contribution in [0.2, 0.25) is 0 Å². The number of halogens is 2. The number of hydrogen-bond acceptors (Lipinski definition) is 3. The maximum Gasteiger partial charge on any atom is 0.387 e. The fraction of sp³-hybridized carbons (Fsp3) is 0.417. The summed E-state index contributed by atoms with van der Waals surface area (Å²) in [5.41, 5.74) is -0.265. The molecular formula is C12H15F2NO3. The molecule has 1 unspecified atom stereocenters. The predicted molar refractivity (Wildman–Crippen MR) is 61.7 cm³/mol. The van der Waals surface area contributed by atoms with Crippen LogP contribution in [-0.4, -0.2) is 24.7 Å². The number of carbonyl (C=O) groups is 1. The van der Waals surface area contributed by atoms with E-state index in [2.05, 4.69) is 10.1 Å². The molecule has 6 heteroatoms. The second kappa shape index (κ2) is 5.77. The lowest BCUT2D eigenvalue weighted by molar-refractivity contribution is -0.138. The van der Waals surface area contributed by atoms with Crippen LogP contribution in [0.1, 0.15) is 18.9 Å². The number of hydrogen-bond donors (Lipinski definition) is 2. The molecule has 0 spiro atoms. The van der Waals surface area contributed by atoms with E-state index < -0.39 is 18.1 Å². The van der Waals surface area contributed by atoms with Gasteiger partial charge in [0.25, 0.3) is 0 Å². The third-order valence-corrected chi connectivity index (χ3v) is 2.75. The monoisotopic (exact) mass is 259 g/mol. The fourth-order valence-electron chi connectivity index (χ4n) is 1.65. The van der Waals surface area contributed by atoms with Crippen molar-refractivity contribution in [3.8, 4) is 5.75 Å². The molecule has 0 saturated carbocycles. The first kappa shape index (κ1) is 14.4. The summed E-state index contributed by atoms with van der Waals surface area (Å²) in [6.07, 6.45) is -0.165. The second-order valence-electron chi connectivity index (χ2n) is 4.06. The minimum Gasteiger partial charge on any atom is -0.481 e. The molecule has 0 aliphatic carbocycles. The zero-order valence-corrected chi connectivity index (χ0v) is 10.1. The molecule has 0 fully saturated rings. The standard InChI is InChI=1S/C12H15F2NO3/c1-12(15-2,7-10(16)17)8-4-3-5-9(6-8)18-11(13)14/h3-6,11,15H,7H2,1-2H3,(H,16,17). The Kier molecular flexibility index (Phi) is 4.61. The Morgan fingerprint density at radius 2 is 2.22 bits per heavy atom. The van der Waals surface area contributed by atoms with Gasteiger partial charge in [0.1, 0.15) is 5.75 Å². The van der Waals surface area contributed by atoms with E-state index in [9.17, 15) is 13.6 Å². The molecule has 0 bridgehead atoms. The van der Waals surface area contributed by atoms with Crippen molar-refractivity contribution < 1.29 is 23.4 Å². The molecule has 100 valence electrons. The summed E-state index contributed by atoms with van der Waals surface area (Å²) in [5.74, 6) is -0.971. The number of aliphatic carboxylic acids is 1. The van der Waals surface area contributed by atoms with Crippen molar-refractivity contribution in [2.24, 2.45) is 0 Å². The van der Waals surface area contributed by atoms with Gasteiger partial charge in [-0.3, -0.25) is 4.79 Å². The van der Waals surface area contributed by atoms with E-state index in [1.807, 2.05) is 0 Å². The van der Waals surface area contributed by atoms with Gasteiger partial charge in [-0.15, -0.1) is 0 Å². The summed E-state index contributed by atoms with van der Waals surface area (Å²) in [7, 11) is 1.61. The lowest BCUT2D eigenvalue weighted by Gasteiger charge is -2.28. The number of ether oxygens (including phenoxy) is 1. The van der Waals surface area contributed by atoms with Crippen LogP contribution in [0.25, 0.3) is 0 Å². The van der Waals surface area contributed by atoms with Crippen LogP contribution in [0.3, 0.4) is 0 Å². The SMILES string of the molecule is CNC(C)(CC(=O)O)c1cccc(OC(F)F)c1. The van der Waals surface area contributed by atoms with Crippen molar-refractivity contribution in [3.63, 3.8) is 0 Å². The molecule has 1 aromatic carbocycles. The number of benzene rings is 1. The maximum absolute atomic E-state index is 12.1. The Bertz CT molecular complexity index is 426. The quantitative estimate of drug-likeness (QED) is 0.822. The van der Waals surface area contributed by atoms with Crippen LogP contribution in [0.5, 0.6) is 5.75 Å². The molecule has 0 aliphatic rings. The first-order valence-corrected chi connectivity index (χ1v) is 5.33. The summed E-state index contributed by atoms with van der Waals surface area (Å²) in [5, 5.41) is 11.7. The van der Waals surface area contributed by atoms with Crippen molar-refractivity contribution in [2.75, 3.05) is 7.05 Å². The predicted octanol–water partition coefficient (Wildman–Crippen LogP) is 2.20. The van der Waals surface area contributed by atoms with E-state index in [1.165, 1.54) is 12.1 Å². The van der Waals surface area contributed by atoms with Gasteiger partial charge in [-0.1, -0.05) is 12.1 Å². The summed E-state index contributed by atoms with van der Waals surface area (Å²) in [4.78, 5) is 10.8. The van der Waals surface area contributed by atoms with Gasteiger partial charge in [-0.25, -0.2) is 0 Å². The van der Waals surface area contributed by atoms with Crippen molar-refractivity contribution in [2.45, 2.75) is 25.5 Å². The lowest BCUT2D eigenvalue weighted by atomic mass is 9.88. The Hall–Kier alpha value is -1.69. The highest BCUT2D eigenvalue weighted by atomic mass is 19.3. The Morgan fingerprint density at radius 1 is 1.56 bits per heavy atom. The molecule has 0 amide bonds. The summed E-state index contributed by atoms with van der Waals surface area (Å²) >= 11 is 0. The van der Waals surface area contributed by atoms with Crippen LogP contribution in [-0.2, 0) is 10.3 Å². The van der Waals surface area contributed by atoms with Gasteiger partial charge in [-0.2, -0.15) is 8.78 Å². The first-order chi connectivity index (χ1) is 8.37. The van der Waals surface area contributed by atoms with Crippen molar-refractivity contribution >= 4 is 5.97 Å². The average Bonchev–Trinajstić information content (AvgIpc) is 2.27. The third-order valence-electron chi connectivity index (χ3n) is 2.75. The number of nitrogens with one attached hydrogen (secondary N) is 1. The summed E-state index contributed by atoms with van der Waals surface area (Å²) in [6.45, 7) is -1.22. The van der Waals surface area contributed by atoms with Gasteiger partial charge >= 0.3 is 12.6 Å². The van der Waals surface area contributed by atoms with Crippen molar-refractivity contribution in [3.05, 3.63) is 29.8 Å². The van der Waals surface area contributed by atoms with Crippen LogP contribution >= 0.6 is 0 Å². The van der Waals surface area contributed by atoms with Gasteiger partial charge < -0.3 is 15.2 Å². The minimum absolute atomic E-state index is 0.00867. The molecule has 0 saturated heterocycles.